The van der Waals surface area contributed by atoms with Gasteiger partial charge in [0.15, 0.2) is 0 Å². The first-order chi connectivity index (χ1) is 7.81. The summed E-state index contributed by atoms with van der Waals surface area (Å²) in [6.07, 6.45) is -0.468. The molecule has 0 saturated carbocycles. The normalized spacial score (nSPS) is 11.1. The lowest BCUT2D eigenvalue weighted by atomic mass is 10.2. The van der Waals surface area contributed by atoms with Crippen molar-refractivity contribution in [1.29, 1.82) is 0 Å². The number of amides is 1. The molecule has 0 unspecified atom stereocenters. The molecule has 1 rings (SSSR count). The highest BCUT2D eigenvalue weighted by Crippen LogP contribution is 2.21. The summed E-state index contributed by atoms with van der Waals surface area (Å²) in [4.78, 5) is 11.5. The van der Waals surface area contributed by atoms with Gasteiger partial charge < -0.3 is 10.5 Å². The third-order valence-corrected chi connectivity index (χ3v) is 2.66. The van der Waals surface area contributed by atoms with Crippen LogP contribution in [0.4, 0.5) is 10.5 Å². The van der Waals surface area contributed by atoms with Gasteiger partial charge in [0.25, 0.3) is 0 Å². The summed E-state index contributed by atoms with van der Waals surface area (Å²) in [6, 6.07) is 5.44. The maximum Gasteiger partial charge on any atom is 0.412 e. The zero-order chi connectivity index (χ0) is 13.1. The molecule has 1 amide bonds. The molecular formula is C12H17BrN2O2. The SMILES string of the molecule is CC(C)(C)OC(=O)Nc1ccc(CN)c(Br)c1. The first-order valence-electron chi connectivity index (χ1n) is 5.30. The van der Waals surface area contributed by atoms with E-state index < -0.39 is 11.7 Å². The topological polar surface area (TPSA) is 64.3 Å². The minimum absolute atomic E-state index is 0.452. The Bertz CT molecular complexity index is 413. The molecule has 94 valence electrons. The van der Waals surface area contributed by atoms with Crippen molar-refractivity contribution in [2.75, 3.05) is 5.32 Å². The maximum atomic E-state index is 11.5. The first-order valence-corrected chi connectivity index (χ1v) is 6.09. The van der Waals surface area contributed by atoms with E-state index >= 15 is 0 Å². The summed E-state index contributed by atoms with van der Waals surface area (Å²) in [5, 5.41) is 2.66. The van der Waals surface area contributed by atoms with Crippen LogP contribution in [0, 0.1) is 0 Å². The molecule has 0 radical (unpaired) electrons. The predicted octanol–water partition coefficient (Wildman–Crippen LogP) is 3.25. The van der Waals surface area contributed by atoms with Gasteiger partial charge in [-0.3, -0.25) is 5.32 Å². The number of ether oxygens (including phenoxy) is 1. The van der Waals surface area contributed by atoms with Crippen LogP contribution in [0.5, 0.6) is 0 Å². The van der Waals surface area contributed by atoms with Crippen molar-refractivity contribution < 1.29 is 9.53 Å². The Kier molecular flexibility index (Phi) is 4.54. The molecule has 1 aromatic carbocycles. The molecule has 17 heavy (non-hydrogen) atoms. The second-order valence-electron chi connectivity index (χ2n) is 4.64. The molecular weight excluding hydrogens is 284 g/mol. The molecule has 0 aliphatic rings. The average Bonchev–Trinajstić information content (AvgIpc) is 2.14. The van der Waals surface area contributed by atoms with E-state index in [-0.39, 0.29) is 0 Å². The third-order valence-electron chi connectivity index (χ3n) is 1.92. The van der Waals surface area contributed by atoms with Crippen LogP contribution in [0.25, 0.3) is 0 Å². The van der Waals surface area contributed by atoms with Gasteiger partial charge in [0.1, 0.15) is 5.60 Å². The van der Waals surface area contributed by atoms with Crippen molar-refractivity contribution in [3.8, 4) is 0 Å². The highest BCUT2D eigenvalue weighted by Gasteiger charge is 2.16. The molecule has 1 aromatic rings. The van der Waals surface area contributed by atoms with Crippen molar-refractivity contribution in [2.24, 2.45) is 5.73 Å². The summed E-state index contributed by atoms with van der Waals surface area (Å²) in [7, 11) is 0. The van der Waals surface area contributed by atoms with E-state index in [4.69, 9.17) is 10.5 Å². The van der Waals surface area contributed by atoms with E-state index in [0.29, 0.717) is 12.2 Å². The van der Waals surface area contributed by atoms with Gasteiger partial charge in [-0.2, -0.15) is 0 Å². The third kappa shape index (κ3) is 4.75. The Morgan fingerprint density at radius 2 is 2.12 bits per heavy atom. The number of nitrogens with one attached hydrogen (secondary N) is 1. The fourth-order valence-corrected chi connectivity index (χ4v) is 1.75. The van der Waals surface area contributed by atoms with E-state index in [9.17, 15) is 4.79 Å². The summed E-state index contributed by atoms with van der Waals surface area (Å²) >= 11 is 3.39. The lowest BCUT2D eigenvalue weighted by Crippen LogP contribution is -2.27. The zero-order valence-electron chi connectivity index (χ0n) is 10.2. The Hall–Kier alpha value is -1.07. The van der Waals surface area contributed by atoms with Gasteiger partial charge in [-0.15, -0.1) is 0 Å². The Labute approximate surface area is 110 Å². The second kappa shape index (κ2) is 5.51. The van der Waals surface area contributed by atoms with Gasteiger partial charge in [-0.25, -0.2) is 4.79 Å². The molecule has 0 saturated heterocycles. The molecule has 0 aromatic heterocycles. The van der Waals surface area contributed by atoms with Gasteiger partial charge >= 0.3 is 6.09 Å². The number of nitrogens with two attached hydrogens (primary N) is 1. The minimum atomic E-state index is -0.501. The van der Waals surface area contributed by atoms with Crippen LogP contribution in [-0.2, 0) is 11.3 Å². The molecule has 4 nitrogen and oxygen atoms in total. The fraction of sp³-hybridized carbons (Fsp3) is 0.417. The molecule has 0 aliphatic carbocycles. The van der Waals surface area contributed by atoms with E-state index in [0.717, 1.165) is 10.0 Å². The van der Waals surface area contributed by atoms with Crippen molar-refractivity contribution >= 4 is 27.7 Å². The van der Waals surface area contributed by atoms with E-state index in [1.807, 2.05) is 26.8 Å². The molecule has 5 heteroatoms. The lowest BCUT2D eigenvalue weighted by molar-refractivity contribution is 0.0636. The van der Waals surface area contributed by atoms with Crippen molar-refractivity contribution in [3.63, 3.8) is 0 Å². The summed E-state index contributed by atoms with van der Waals surface area (Å²) in [5.74, 6) is 0. The van der Waals surface area contributed by atoms with E-state index in [1.165, 1.54) is 0 Å². The number of anilines is 1. The van der Waals surface area contributed by atoms with Crippen LogP contribution in [0.15, 0.2) is 22.7 Å². The molecule has 0 bridgehead atoms. The Morgan fingerprint density at radius 3 is 2.59 bits per heavy atom. The highest BCUT2D eigenvalue weighted by molar-refractivity contribution is 9.10. The van der Waals surface area contributed by atoms with Crippen LogP contribution in [0.1, 0.15) is 26.3 Å². The highest BCUT2D eigenvalue weighted by atomic mass is 79.9. The zero-order valence-corrected chi connectivity index (χ0v) is 11.8. The van der Waals surface area contributed by atoms with Crippen molar-refractivity contribution in [2.45, 2.75) is 32.9 Å². The Morgan fingerprint density at radius 1 is 1.47 bits per heavy atom. The molecule has 0 heterocycles. The van der Waals surface area contributed by atoms with E-state index in [1.54, 1.807) is 12.1 Å². The Balaban J connectivity index is 2.69. The van der Waals surface area contributed by atoms with Crippen LogP contribution in [0.3, 0.4) is 0 Å². The van der Waals surface area contributed by atoms with Crippen LogP contribution >= 0.6 is 15.9 Å². The van der Waals surface area contributed by atoms with Gasteiger partial charge in [0, 0.05) is 16.7 Å². The second-order valence-corrected chi connectivity index (χ2v) is 5.49. The average molecular weight is 301 g/mol. The molecule has 0 aliphatic heterocycles. The summed E-state index contributed by atoms with van der Waals surface area (Å²) in [5.41, 5.74) is 6.70. The van der Waals surface area contributed by atoms with Gasteiger partial charge in [0.05, 0.1) is 0 Å². The minimum Gasteiger partial charge on any atom is -0.444 e. The number of benzene rings is 1. The maximum absolute atomic E-state index is 11.5. The smallest absolute Gasteiger partial charge is 0.412 e. The summed E-state index contributed by atoms with van der Waals surface area (Å²) in [6.45, 7) is 5.91. The monoisotopic (exact) mass is 300 g/mol. The van der Waals surface area contributed by atoms with Crippen LogP contribution in [0.2, 0.25) is 0 Å². The lowest BCUT2D eigenvalue weighted by Gasteiger charge is -2.19. The first kappa shape index (κ1) is 14.0. The van der Waals surface area contributed by atoms with Crippen molar-refractivity contribution in [3.05, 3.63) is 28.2 Å². The number of rotatable bonds is 2. The van der Waals surface area contributed by atoms with Gasteiger partial charge in [-0.1, -0.05) is 22.0 Å². The largest absolute Gasteiger partial charge is 0.444 e. The fourth-order valence-electron chi connectivity index (χ4n) is 1.21. The van der Waals surface area contributed by atoms with E-state index in [2.05, 4.69) is 21.2 Å². The number of carbonyl (C=O) groups is 1. The summed E-state index contributed by atoms with van der Waals surface area (Å²) < 4.78 is 6.02. The number of hydrogen-bond acceptors (Lipinski definition) is 3. The number of carbonyl (C=O) groups excluding carboxylic acids is 1. The van der Waals surface area contributed by atoms with Crippen molar-refractivity contribution in [1.82, 2.24) is 0 Å². The van der Waals surface area contributed by atoms with Crippen LogP contribution in [-0.4, -0.2) is 11.7 Å². The molecule has 0 spiro atoms. The van der Waals surface area contributed by atoms with Crippen LogP contribution < -0.4 is 11.1 Å². The molecule has 0 fully saturated rings. The van der Waals surface area contributed by atoms with Gasteiger partial charge in [0.2, 0.25) is 0 Å². The predicted molar refractivity (Wildman–Crippen MR) is 71.9 cm³/mol. The standard InChI is InChI=1S/C12H17BrN2O2/c1-12(2,3)17-11(16)15-9-5-4-8(7-14)10(13)6-9/h4-6H,7,14H2,1-3H3,(H,15,16). The quantitative estimate of drug-likeness (QED) is 0.881. The molecule has 0 atom stereocenters. The number of hydrogen-bond donors (Lipinski definition) is 2. The van der Waals surface area contributed by atoms with Gasteiger partial charge in [-0.05, 0) is 38.5 Å². The number of halogens is 1. The molecule has 3 N–H and O–H groups in total.